The molecule has 1 atom stereocenters. The molecule has 3 aromatic rings. The highest BCUT2D eigenvalue weighted by Gasteiger charge is 2.47. The summed E-state index contributed by atoms with van der Waals surface area (Å²) in [5.41, 5.74) is 3.31. The van der Waals surface area contributed by atoms with E-state index in [-0.39, 0.29) is 17.9 Å². The van der Waals surface area contributed by atoms with Gasteiger partial charge in [0.05, 0.1) is 31.1 Å². The van der Waals surface area contributed by atoms with Crippen molar-refractivity contribution in [3.05, 3.63) is 94.3 Å². The molecule has 1 fully saturated rings. The molecule has 0 saturated carbocycles. The molecule has 34 heavy (non-hydrogen) atoms. The van der Waals surface area contributed by atoms with Crippen LogP contribution in [0.25, 0.3) is 5.76 Å². The smallest absolute Gasteiger partial charge is 0.296 e. The molecule has 0 radical (unpaired) electrons. The van der Waals surface area contributed by atoms with Crippen molar-refractivity contribution in [1.29, 1.82) is 0 Å². The number of amides is 1. The van der Waals surface area contributed by atoms with Crippen LogP contribution in [0.3, 0.4) is 0 Å². The third-order valence-electron chi connectivity index (χ3n) is 5.87. The van der Waals surface area contributed by atoms with E-state index in [4.69, 9.17) is 9.47 Å². The average Bonchev–Trinajstić information content (AvgIpc) is 3.08. The molecule has 0 spiro atoms. The van der Waals surface area contributed by atoms with Gasteiger partial charge in [0.1, 0.15) is 23.3 Å². The first-order valence-electron chi connectivity index (χ1n) is 10.8. The molecule has 1 saturated heterocycles. The van der Waals surface area contributed by atoms with E-state index in [9.17, 15) is 14.7 Å². The monoisotopic (exact) mass is 458 g/mol. The summed E-state index contributed by atoms with van der Waals surface area (Å²) in [5, 5.41) is 11.4. The number of methoxy groups -OCH3 is 2. The highest BCUT2D eigenvalue weighted by Crippen LogP contribution is 2.42. The minimum absolute atomic E-state index is 0.0186. The number of carbonyl (C=O) groups excluding carboxylic acids is 2. The third-order valence-corrected chi connectivity index (χ3v) is 5.87. The first kappa shape index (κ1) is 23.0. The number of rotatable bonds is 6. The molecule has 1 N–H and O–H groups in total. The topological polar surface area (TPSA) is 89.0 Å². The van der Waals surface area contributed by atoms with Crippen molar-refractivity contribution in [2.45, 2.75) is 26.4 Å². The van der Waals surface area contributed by atoms with Crippen molar-refractivity contribution in [1.82, 2.24) is 9.88 Å². The van der Waals surface area contributed by atoms with Gasteiger partial charge in [-0.3, -0.25) is 14.6 Å². The Kier molecular flexibility index (Phi) is 6.36. The first-order valence-corrected chi connectivity index (χ1v) is 10.8. The predicted molar refractivity (Wildman–Crippen MR) is 128 cm³/mol. The van der Waals surface area contributed by atoms with Gasteiger partial charge in [0.2, 0.25) is 0 Å². The second-order valence-electron chi connectivity index (χ2n) is 8.20. The van der Waals surface area contributed by atoms with Crippen molar-refractivity contribution >= 4 is 17.4 Å². The van der Waals surface area contributed by atoms with Gasteiger partial charge in [0.25, 0.3) is 11.7 Å². The van der Waals surface area contributed by atoms with Crippen LogP contribution in [0.15, 0.2) is 66.4 Å². The molecular formula is C27H26N2O5. The van der Waals surface area contributed by atoms with Crippen LogP contribution in [-0.4, -0.2) is 40.9 Å². The maximum atomic E-state index is 13.3. The largest absolute Gasteiger partial charge is 0.507 e. The van der Waals surface area contributed by atoms with Crippen molar-refractivity contribution in [3.63, 3.8) is 0 Å². The van der Waals surface area contributed by atoms with E-state index in [0.717, 1.165) is 16.7 Å². The predicted octanol–water partition coefficient (Wildman–Crippen LogP) is 4.34. The molecule has 1 unspecified atom stereocenters. The lowest BCUT2D eigenvalue weighted by Crippen LogP contribution is -2.29. The van der Waals surface area contributed by atoms with E-state index in [0.29, 0.717) is 22.8 Å². The summed E-state index contributed by atoms with van der Waals surface area (Å²) in [4.78, 5) is 32.4. The zero-order valence-electron chi connectivity index (χ0n) is 19.5. The van der Waals surface area contributed by atoms with Gasteiger partial charge < -0.3 is 19.5 Å². The van der Waals surface area contributed by atoms with Gasteiger partial charge in [-0.1, -0.05) is 24.3 Å². The van der Waals surface area contributed by atoms with Gasteiger partial charge in [0, 0.05) is 12.7 Å². The zero-order valence-corrected chi connectivity index (χ0v) is 19.5. The average molecular weight is 459 g/mol. The van der Waals surface area contributed by atoms with Gasteiger partial charge in [-0.25, -0.2) is 0 Å². The van der Waals surface area contributed by atoms with Gasteiger partial charge in [0.15, 0.2) is 0 Å². The zero-order chi connectivity index (χ0) is 24.4. The Labute approximate surface area is 198 Å². The van der Waals surface area contributed by atoms with Crippen LogP contribution < -0.4 is 9.47 Å². The quantitative estimate of drug-likeness (QED) is 0.336. The van der Waals surface area contributed by atoms with Crippen molar-refractivity contribution < 1.29 is 24.2 Å². The number of aromatic nitrogens is 1. The Bertz CT molecular complexity index is 1280. The van der Waals surface area contributed by atoms with Gasteiger partial charge >= 0.3 is 0 Å². The SMILES string of the molecule is COc1cccc(CN2C(=O)C(=O)/C(=C(/O)c3cc(C)cc(C)c3OC)C2c2ccccn2)c1. The van der Waals surface area contributed by atoms with E-state index >= 15 is 0 Å². The van der Waals surface area contributed by atoms with Gasteiger partial charge in [-0.2, -0.15) is 0 Å². The van der Waals surface area contributed by atoms with Gasteiger partial charge in [-0.15, -0.1) is 0 Å². The molecule has 174 valence electrons. The number of aryl methyl sites for hydroxylation is 2. The molecule has 2 heterocycles. The van der Waals surface area contributed by atoms with E-state index in [1.165, 1.54) is 12.0 Å². The Balaban J connectivity index is 1.90. The number of Topliss-reactive ketones (excluding diaryl/α,β-unsaturated/α-hetero) is 1. The van der Waals surface area contributed by atoms with E-state index in [1.54, 1.807) is 43.6 Å². The maximum Gasteiger partial charge on any atom is 0.296 e. The number of likely N-dealkylation sites (tertiary alicyclic amines) is 1. The standard InChI is InChI=1S/C27H26N2O5/c1-16-12-17(2)26(34-4)20(13-16)24(30)22-23(21-10-5-6-11-28-21)29(27(32)25(22)31)15-18-8-7-9-19(14-18)33-3/h5-14,23,30H,15H2,1-4H3/b24-22+. The van der Waals surface area contributed by atoms with Crippen LogP contribution in [-0.2, 0) is 16.1 Å². The molecular weight excluding hydrogens is 432 g/mol. The van der Waals surface area contributed by atoms with Crippen molar-refractivity contribution in [2.75, 3.05) is 14.2 Å². The fourth-order valence-corrected chi connectivity index (χ4v) is 4.40. The molecule has 1 aliphatic heterocycles. The molecule has 7 nitrogen and oxygen atoms in total. The highest BCUT2D eigenvalue weighted by molar-refractivity contribution is 6.46. The van der Waals surface area contributed by atoms with E-state index in [1.807, 2.05) is 38.1 Å². The fraction of sp³-hybridized carbons (Fsp3) is 0.222. The van der Waals surface area contributed by atoms with E-state index in [2.05, 4.69) is 4.98 Å². The molecule has 1 aromatic heterocycles. The lowest BCUT2D eigenvalue weighted by Gasteiger charge is -2.25. The molecule has 0 bridgehead atoms. The summed E-state index contributed by atoms with van der Waals surface area (Å²) >= 11 is 0. The van der Waals surface area contributed by atoms with Crippen LogP contribution in [0.4, 0.5) is 0 Å². The Morgan fingerprint density at radius 1 is 1.03 bits per heavy atom. The number of pyridine rings is 1. The summed E-state index contributed by atoms with van der Waals surface area (Å²) < 4.78 is 10.8. The molecule has 1 amide bonds. The van der Waals surface area contributed by atoms with Crippen LogP contribution in [0.1, 0.15) is 34.0 Å². The maximum absolute atomic E-state index is 13.3. The third kappa shape index (κ3) is 4.12. The second-order valence-corrected chi connectivity index (χ2v) is 8.20. The number of hydrogen-bond donors (Lipinski definition) is 1. The number of hydrogen-bond acceptors (Lipinski definition) is 6. The van der Waals surface area contributed by atoms with Crippen molar-refractivity contribution in [2.24, 2.45) is 0 Å². The Morgan fingerprint density at radius 3 is 2.50 bits per heavy atom. The number of aliphatic hydroxyl groups excluding tert-OH is 1. The number of aliphatic hydroxyl groups is 1. The van der Waals surface area contributed by atoms with Crippen molar-refractivity contribution in [3.8, 4) is 11.5 Å². The number of ether oxygens (including phenoxy) is 2. The highest BCUT2D eigenvalue weighted by atomic mass is 16.5. The summed E-state index contributed by atoms with van der Waals surface area (Å²) in [6.45, 7) is 3.89. The first-order chi connectivity index (χ1) is 16.3. The Morgan fingerprint density at radius 2 is 1.82 bits per heavy atom. The van der Waals surface area contributed by atoms with Crippen LogP contribution in [0.2, 0.25) is 0 Å². The lowest BCUT2D eigenvalue weighted by molar-refractivity contribution is -0.140. The van der Waals surface area contributed by atoms with Crippen LogP contribution >= 0.6 is 0 Å². The summed E-state index contributed by atoms with van der Waals surface area (Å²) in [6, 6.07) is 15.4. The van der Waals surface area contributed by atoms with Crippen LogP contribution in [0, 0.1) is 13.8 Å². The van der Waals surface area contributed by atoms with E-state index < -0.39 is 17.7 Å². The number of nitrogens with zero attached hydrogens (tertiary/aromatic N) is 2. The fourth-order valence-electron chi connectivity index (χ4n) is 4.40. The normalized spacial score (nSPS) is 17.2. The summed E-state index contributed by atoms with van der Waals surface area (Å²) in [5.74, 6) is -0.670. The molecule has 0 aliphatic carbocycles. The molecule has 1 aliphatic rings. The lowest BCUT2D eigenvalue weighted by atomic mass is 9.95. The Hall–Kier alpha value is -4.13. The number of benzene rings is 2. The molecule has 7 heteroatoms. The minimum Gasteiger partial charge on any atom is -0.507 e. The summed E-state index contributed by atoms with van der Waals surface area (Å²) in [7, 11) is 3.07. The van der Waals surface area contributed by atoms with Gasteiger partial charge in [-0.05, 0) is 60.9 Å². The second kappa shape index (κ2) is 9.39. The molecule has 2 aromatic carbocycles. The number of carbonyl (C=O) groups is 2. The molecule has 4 rings (SSSR count). The minimum atomic E-state index is -0.863. The summed E-state index contributed by atoms with van der Waals surface area (Å²) in [6.07, 6.45) is 1.60. The number of ketones is 1. The van der Waals surface area contributed by atoms with Crippen LogP contribution in [0.5, 0.6) is 11.5 Å².